The summed E-state index contributed by atoms with van der Waals surface area (Å²) in [7, 11) is -4.76. The number of phosphoric acid groups is 1. The van der Waals surface area contributed by atoms with E-state index in [9.17, 15) is 14.2 Å². The first kappa shape index (κ1) is 58.0. The van der Waals surface area contributed by atoms with E-state index < -0.39 is 32.5 Å². The molecule has 0 spiro atoms. The molecule has 0 aliphatic rings. The van der Waals surface area contributed by atoms with Crippen LogP contribution in [0, 0.1) is 0 Å². The van der Waals surface area contributed by atoms with Gasteiger partial charge in [-0.1, -0.05) is 204 Å². The number of carbonyl (C=O) groups is 2. The van der Waals surface area contributed by atoms with Gasteiger partial charge in [-0.25, -0.2) is 4.57 Å². The van der Waals surface area contributed by atoms with Crippen molar-refractivity contribution in [2.45, 2.75) is 251 Å². The monoisotopic (exact) mass is 865 g/mol. The topological polar surface area (TPSA) is 119 Å². The molecule has 0 saturated heterocycles. The smallest absolute Gasteiger partial charge is 0.462 e. The number of carbonyl (C=O) groups excluding carboxylic acids is 2. The van der Waals surface area contributed by atoms with Crippen LogP contribution in [-0.2, 0) is 28.2 Å². The highest BCUT2D eigenvalue weighted by atomic mass is 31.2. The van der Waals surface area contributed by atoms with Crippen LogP contribution >= 0.6 is 7.82 Å². The summed E-state index contributed by atoms with van der Waals surface area (Å²) in [5.74, 6) is -0.888. The van der Waals surface area contributed by atoms with Crippen molar-refractivity contribution in [2.24, 2.45) is 0 Å². The van der Waals surface area contributed by atoms with Gasteiger partial charge in [0.05, 0.1) is 6.61 Å². The molecule has 0 aromatic carbocycles. The van der Waals surface area contributed by atoms with E-state index >= 15 is 0 Å². The average molecular weight is 865 g/mol. The Labute approximate surface area is 369 Å². The third-order valence-electron chi connectivity index (χ3n) is 10.8. The minimum absolute atomic E-state index is 0.206. The molecule has 0 bridgehead atoms. The lowest BCUT2D eigenvalue weighted by Crippen LogP contribution is -2.29. The molecule has 0 heterocycles. The van der Waals surface area contributed by atoms with Crippen LogP contribution < -0.4 is 0 Å². The second kappa shape index (κ2) is 46.5. The standard InChI is InChI=1S/C51H93O8P/c1-3-5-7-9-11-13-15-17-19-21-23-25-27-29-31-33-35-37-39-41-43-45-50(52)57-47-49(48-58-60(54,55)56)59-51(53)46-44-42-40-38-36-34-32-30-28-26-24-22-20-18-16-14-12-10-8-6-4-2/h15-18,21-24,49H,3-14,19-20,25-48H2,1-2H3,(H2,54,55,56)/b17-15-,18-16-,23-21-,24-22-. The lowest BCUT2D eigenvalue weighted by Gasteiger charge is -2.18. The molecular weight excluding hydrogens is 772 g/mol. The van der Waals surface area contributed by atoms with Crippen LogP contribution in [0.5, 0.6) is 0 Å². The normalized spacial score (nSPS) is 12.8. The number of allylic oxidation sites excluding steroid dienone is 8. The van der Waals surface area contributed by atoms with E-state index in [-0.39, 0.29) is 19.4 Å². The largest absolute Gasteiger partial charge is 0.469 e. The van der Waals surface area contributed by atoms with Crippen LogP contribution in [-0.4, -0.2) is 41.0 Å². The zero-order valence-electron chi connectivity index (χ0n) is 38.9. The average Bonchev–Trinajstić information content (AvgIpc) is 3.22. The van der Waals surface area contributed by atoms with Gasteiger partial charge in [0.15, 0.2) is 6.10 Å². The highest BCUT2D eigenvalue weighted by Crippen LogP contribution is 2.36. The summed E-state index contributed by atoms with van der Waals surface area (Å²) >= 11 is 0. The SMILES string of the molecule is CCCCCCC/C=C\C/C=C\CCCCCCCCCCCC(=O)OCC(COP(=O)(O)O)OC(=O)CCCCCCCCCCC/C=C\C/C=C\CCCCCCC. The number of unbranched alkanes of at least 4 members (excludes halogenated alkanes) is 28. The van der Waals surface area contributed by atoms with Gasteiger partial charge in [0.2, 0.25) is 0 Å². The minimum atomic E-state index is -4.76. The summed E-state index contributed by atoms with van der Waals surface area (Å²) < 4.78 is 26.5. The molecule has 0 saturated carbocycles. The van der Waals surface area contributed by atoms with Gasteiger partial charge in [-0.2, -0.15) is 0 Å². The van der Waals surface area contributed by atoms with Gasteiger partial charge in [0.25, 0.3) is 0 Å². The van der Waals surface area contributed by atoms with Gasteiger partial charge in [0, 0.05) is 12.8 Å². The number of hydrogen-bond acceptors (Lipinski definition) is 6. The first-order valence-electron chi connectivity index (χ1n) is 24.9. The van der Waals surface area contributed by atoms with Gasteiger partial charge in [-0.15, -0.1) is 0 Å². The highest BCUT2D eigenvalue weighted by Gasteiger charge is 2.23. The number of rotatable bonds is 46. The lowest BCUT2D eigenvalue weighted by atomic mass is 10.1. The Morgan fingerprint density at radius 2 is 0.750 bits per heavy atom. The van der Waals surface area contributed by atoms with Gasteiger partial charge in [-0.05, 0) is 77.0 Å². The molecule has 0 radical (unpaired) electrons. The summed E-state index contributed by atoms with van der Waals surface area (Å²) in [4.78, 5) is 43.1. The second-order valence-electron chi connectivity index (χ2n) is 16.8. The van der Waals surface area contributed by atoms with E-state index in [0.717, 1.165) is 64.2 Å². The molecule has 8 nitrogen and oxygen atoms in total. The Kier molecular flexibility index (Phi) is 45.0. The van der Waals surface area contributed by atoms with Gasteiger partial charge in [0.1, 0.15) is 6.61 Å². The molecule has 0 rings (SSSR count). The third-order valence-corrected chi connectivity index (χ3v) is 11.3. The van der Waals surface area contributed by atoms with E-state index in [2.05, 4.69) is 67.0 Å². The lowest BCUT2D eigenvalue weighted by molar-refractivity contribution is -0.161. The predicted molar refractivity (Wildman–Crippen MR) is 253 cm³/mol. The van der Waals surface area contributed by atoms with Crippen molar-refractivity contribution in [1.29, 1.82) is 0 Å². The van der Waals surface area contributed by atoms with Gasteiger partial charge in [-0.3, -0.25) is 14.1 Å². The minimum Gasteiger partial charge on any atom is -0.462 e. The predicted octanol–water partition coefficient (Wildman–Crippen LogP) is 15.9. The maximum Gasteiger partial charge on any atom is 0.469 e. The molecule has 0 aromatic heterocycles. The van der Waals surface area contributed by atoms with Crippen molar-refractivity contribution in [3.63, 3.8) is 0 Å². The molecule has 0 aliphatic heterocycles. The fourth-order valence-electron chi connectivity index (χ4n) is 7.08. The molecule has 0 amide bonds. The zero-order chi connectivity index (χ0) is 43.9. The quantitative estimate of drug-likeness (QED) is 0.0269. The van der Waals surface area contributed by atoms with E-state index in [4.69, 9.17) is 19.3 Å². The molecule has 0 aromatic rings. The summed E-state index contributed by atoms with van der Waals surface area (Å²) in [6.45, 7) is 3.69. The number of ether oxygens (including phenoxy) is 2. The Morgan fingerprint density at radius 3 is 1.10 bits per heavy atom. The van der Waals surface area contributed by atoms with Crippen molar-refractivity contribution in [3.8, 4) is 0 Å². The van der Waals surface area contributed by atoms with Crippen molar-refractivity contribution in [1.82, 2.24) is 0 Å². The molecule has 9 heteroatoms. The summed E-state index contributed by atoms with van der Waals surface area (Å²) in [5.41, 5.74) is 0. The first-order valence-corrected chi connectivity index (χ1v) is 26.5. The van der Waals surface area contributed by atoms with Crippen molar-refractivity contribution < 1.29 is 37.9 Å². The van der Waals surface area contributed by atoms with E-state index in [1.807, 2.05) is 0 Å². The zero-order valence-corrected chi connectivity index (χ0v) is 39.8. The molecule has 60 heavy (non-hydrogen) atoms. The Balaban J connectivity index is 3.85. The Hall–Kier alpha value is -1.99. The molecule has 0 aliphatic carbocycles. The van der Waals surface area contributed by atoms with Crippen LogP contribution in [0.3, 0.4) is 0 Å². The third kappa shape index (κ3) is 48.7. The second-order valence-corrected chi connectivity index (χ2v) is 18.0. The van der Waals surface area contributed by atoms with Crippen molar-refractivity contribution in [3.05, 3.63) is 48.6 Å². The fourth-order valence-corrected chi connectivity index (χ4v) is 7.44. The molecule has 2 N–H and O–H groups in total. The van der Waals surface area contributed by atoms with Gasteiger partial charge < -0.3 is 19.3 Å². The van der Waals surface area contributed by atoms with Crippen LogP contribution in [0.15, 0.2) is 48.6 Å². The Bertz CT molecular complexity index is 1110. The molecule has 1 unspecified atom stereocenters. The molecule has 350 valence electrons. The number of hydrogen-bond donors (Lipinski definition) is 2. The summed E-state index contributed by atoms with van der Waals surface area (Å²) in [6, 6.07) is 0. The van der Waals surface area contributed by atoms with E-state index in [1.165, 1.54) is 148 Å². The van der Waals surface area contributed by atoms with Crippen LogP contribution in [0.25, 0.3) is 0 Å². The van der Waals surface area contributed by atoms with Crippen molar-refractivity contribution >= 4 is 19.8 Å². The van der Waals surface area contributed by atoms with Crippen LogP contribution in [0.2, 0.25) is 0 Å². The van der Waals surface area contributed by atoms with E-state index in [1.54, 1.807) is 0 Å². The summed E-state index contributed by atoms with van der Waals surface area (Å²) in [5, 5.41) is 0. The van der Waals surface area contributed by atoms with Crippen LogP contribution in [0.1, 0.15) is 245 Å². The summed E-state index contributed by atoms with van der Waals surface area (Å²) in [6.07, 6.45) is 58.3. The van der Waals surface area contributed by atoms with Gasteiger partial charge >= 0.3 is 19.8 Å². The van der Waals surface area contributed by atoms with E-state index in [0.29, 0.717) is 6.42 Å². The molecule has 1 atom stereocenters. The molecular formula is C51H93O8P. The number of esters is 2. The number of phosphoric ester groups is 1. The maximum absolute atomic E-state index is 12.5. The molecule has 0 fully saturated rings. The maximum atomic E-state index is 12.5. The van der Waals surface area contributed by atoms with Crippen molar-refractivity contribution in [2.75, 3.05) is 13.2 Å². The first-order chi connectivity index (χ1) is 29.3. The van der Waals surface area contributed by atoms with Crippen LogP contribution in [0.4, 0.5) is 0 Å². The Morgan fingerprint density at radius 1 is 0.433 bits per heavy atom. The highest BCUT2D eigenvalue weighted by molar-refractivity contribution is 7.46. The fraction of sp³-hybridized carbons (Fsp3) is 0.804.